The van der Waals surface area contributed by atoms with Crippen molar-refractivity contribution in [3.63, 3.8) is 0 Å². The van der Waals surface area contributed by atoms with E-state index in [-0.39, 0.29) is 18.4 Å². The van der Waals surface area contributed by atoms with Crippen LogP contribution < -0.4 is 0 Å². The fourth-order valence-corrected chi connectivity index (χ4v) is 1.69. The summed E-state index contributed by atoms with van der Waals surface area (Å²) in [6.07, 6.45) is 0.871. The fourth-order valence-electron chi connectivity index (χ4n) is 1.69. The average Bonchev–Trinajstić information content (AvgIpc) is 2.29. The first-order valence-electron chi connectivity index (χ1n) is 5.76. The highest BCUT2D eigenvalue weighted by Gasteiger charge is 2.20. The van der Waals surface area contributed by atoms with Crippen molar-refractivity contribution < 1.29 is 14.3 Å². The second kappa shape index (κ2) is 6.48. The summed E-state index contributed by atoms with van der Waals surface area (Å²) >= 11 is 0. The minimum Gasteiger partial charge on any atom is -0.378 e. The molecule has 0 radical (unpaired) electrons. The van der Waals surface area contributed by atoms with Gasteiger partial charge in [-0.2, -0.15) is 0 Å². The summed E-state index contributed by atoms with van der Waals surface area (Å²) in [6.45, 7) is 6.80. The van der Waals surface area contributed by atoms with Crippen molar-refractivity contribution in [2.45, 2.75) is 20.3 Å². The number of hydrogen-bond acceptors (Lipinski definition) is 3. The first kappa shape index (κ1) is 13.0. The molecule has 1 saturated heterocycles. The maximum atomic E-state index is 11.9. The molecule has 1 fully saturated rings. The molecule has 1 aliphatic rings. The Morgan fingerprint density at radius 1 is 1.31 bits per heavy atom. The summed E-state index contributed by atoms with van der Waals surface area (Å²) in [6, 6.07) is 0. The summed E-state index contributed by atoms with van der Waals surface area (Å²) in [4.78, 5) is 26.5. The normalized spacial score (nSPS) is 16.0. The van der Waals surface area contributed by atoms with Crippen molar-refractivity contribution in [2.75, 3.05) is 39.4 Å². The van der Waals surface area contributed by atoms with Gasteiger partial charge in [-0.25, -0.2) is 0 Å². The molecule has 92 valence electrons. The maximum absolute atomic E-state index is 11.9. The topological polar surface area (TPSA) is 49.9 Å². The number of carbonyl (C=O) groups excluding carboxylic acids is 2. The largest absolute Gasteiger partial charge is 0.378 e. The molecule has 1 rings (SSSR count). The minimum absolute atomic E-state index is 0.0203. The lowest BCUT2D eigenvalue weighted by Crippen LogP contribution is -2.46. The van der Waals surface area contributed by atoms with Gasteiger partial charge in [-0.1, -0.05) is 6.92 Å². The molecular formula is C11H20N2O3. The smallest absolute Gasteiger partial charge is 0.242 e. The lowest BCUT2D eigenvalue weighted by atomic mass is 10.3. The fraction of sp³-hybridized carbons (Fsp3) is 0.818. The van der Waals surface area contributed by atoms with E-state index in [2.05, 4.69) is 0 Å². The van der Waals surface area contributed by atoms with Crippen LogP contribution >= 0.6 is 0 Å². The molecule has 0 saturated carbocycles. The molecule has 0 aromatic heterocycles. The molecule has 0 spiro atoms. The highest BCUT2D eigenvalue weighted by molar-refractivity contribution is 5.83. The molecule has 5 heteroatoms. The highest BCUT2D eigenvalue weighted by Crippen LogP contribution is 2.00. The molecular weight excluding hydrogens is 208 g/mol. The van der Waals surface area contributed by atoms with Gasteiger partial charge in [-0.15, -0.1) is 0 Å². The Morgan fingerprint density at radius 2 is 1.94 bits per heavy atom. The van der Waals surface area contributed by atoms with Crippen LogP contribution in [0.1, 0.15) is 20.3 Å². The zero-order valence-electron chi connectivity index (χ0n) is 10.1. The van der Waals surface area contributed by atoms with Gasteiger partial charge in [0.2, 0.25) is 11.8 Å². The average molecular weight is 228 g/mol. The standard InChI is InChI=1S/C11H20N2O3/c1-3-4-13(10(2)14)9-11(15)12-5-7-16-8-6-12/h3-9H2,1-2H3. The second-order valence-corrected chi connectivity index (χ2v) is 3.93. The molecule has 0 N–H and O–H groups in total. The Kier molecular flexibility index (Phi) is 5.25. The molecule has 16 heavy (non-hydrogen) atoms. The number of carbonyl (C=O) groups is 2. The molecule has 1 aliphatic heterocycles. The van der Waals surface area contributed by atoms with E-state index in [9.17, 15) is 9.59 Å². The molecule has 2 amide bonds. The molecule has 0 unspecified atom stereocenters. The van der Waals surface area contributed by atoms with Crippen LogP contribution in [0.3, 0.4) is 0 Å². The number of amides is 2. The van der Waals surface area contributed by atoms with Gasteiger partial charge >= 0.3 is 0 Å². The van der Waals surface area contributed by atoms with E-state index in [1.165, 1.54) is 6.92 Å². The first-order chi connectivity index (χ1) is 7.65. The van der Waals surface area contributed by atoms with E-state index < -0.39 is 0 Å². The first-order valence-corrected chi connectivity index (χ1v) is 5.76. The van der Waals surface area contributed by atoms with Gasteiger partial charge in [-0.05, 0) is 6.42 Å². The summed E-state index contributed by atoms with van der Waals surface area (Å²) in [5.41, 5.74) is 0. The van der Waals surface area contributed by atoms with Gasteiger partial charge in [0.25, 0.3) is 0 Å². The Morgan fingerprint density at radius 3 is 2.44 bits per heavy atom. The predicted molar refractivity (Wildman–Crippen MR) is 59.9 cm³/mol. The Balaban J connectivity index is 2.43. The van der Waals surface area contributed by atoms with Crippen LogP contribution in [-0.2, 0) is 14.3 Å². The van der Waals surface area contributed by atoms with E-state index in [1.807, 2.05) is 6.92 Å². The molecule has 0 atom stereocenters. The van der Waals surface area contributed by atoms with E-state index in [0.29, 0.717) is 32.8 Å². The number of nitrogens with zero attached hydrogens (tertiary/aromatic N) is 2. The second-order valence-electron chi connectivity index (χ2n) is 3.93. The molecule has 0 aromatic carbocycles. The molecule has 1 heterocycles. The van der Waals surface area contributed by atoms with Crippen LogP contribution in [0.15, 0.2) is 0 Å². The monoisotopic (exact) mass is 228 g/mol. The van der Waals surface area contributed by atoms with Crippen molar-refractivity contribution in [2.24, 2.45) is 0 Å². The molecule has 0 aliphatic carbocycles. The molecule has 0 aromatic rings. The van der Waals surface area contributed by atoms with Gasteiger partial charge in [0.05, 0.1) is 19.8 Å². The predicted octanol–water partition coefficient (Wildman–Crippen LogP) is 0.104. The van der Waals surface area contributed by atoms with Crippen LogP contribution in [0.2, 0.25) is 0 Å². The number of ether oxygens (including phenoxy) is 1. The third-order valence-corrected chi connectivity index (χ3v) is 2.63. The Hall–Kier alpha value is -1.10. The molecule has 5 nitrogen and oxygen atoms in total. The zero-order chi connectivity index (χ0) is 12.0. The highest BCUT2D eigenvalue weighted by atomic mass is 16.5. The van der Waals surface area contributed by atoms with Crippen molar-refractivity contribution in [3.05, 3.63) is 0 Å². The molecule has 0 bridgehead atoms. The summed E-state index contributed by atoms with van der Waals surface area (Å²) in [7, 11) is 0. The van der Waals surface area contributed by atoms with Crippen LogP contribution in [-0.4, -0.2) is 61.0 Å². The van der Waals surface area contributed by atoms with Crippen molar-refractivity contribution in [1.29, 1.82) is 0 Å². The Labute approximate surface area is 96.3 Å². The summed E-state index contributed by atoms with van der Waals surface area (Å²) in [5.74, 6) is -0.0181. The Bertz CT molecular complexity index is 250. The van der Waals surface area contributed by atoms with Crippen LogP contribution in [0, 0.1) is 0 Å². The van der Waals surface area contributed by atoms with Crippen LogP contribution in [0.5, 0.6) is 0 Å². The van der Waals surface area contributed by atoms with E-state index in [0.717, 1.165) is 6.42 Å². The number of rotatable bonds is 4. The van der Waals surface area contributed by atoms with Gasteiger partial charge in [-0.3, -0.25) is 9.59 Å². The quantitative estimate of drug-likeness (QED) is 0.686. The summed E-state index contributed by atoms with van der Waals surface area (Å²) in [5, 5.41) is 0. The van der Waals surface area contributed by atoms with Gasteiger partial charge < -0.3 is 14.5 Å². The van der Waals surface area contributed by atoms with E-state index in [1.54, 1.807) is 9.80 Å². The number of morpholine rings is 1. The van der Waals surface area contributed by atoms with Gasteiger partial charge in [0.1, 0.15) is 0 Å². The van der Waals surface area contributed by atoms with Crippen LogP contribution in [0.25, 0.3) is 0 Å². The lowest BCUT2D eigenvalue weighted by Gasteiger charge is -2.29. The van der Waals surface area contributed by atoms with Crippen molar-refractivity contribution >= 4 is 11.8 Å². The third-order valence-electron chi connectivity index (χ3n) is 2.63. The third kappa shape index (κ3) is 3.81. The number of hydrogen-bond donors (Lipinski definition) is 0. The van der Waals surface area contributed by atoms with E-state index >= 15 is 0 Å². The lowest BCUT2D eigenvalue weighted by molar-refractivity contribution is -0.142. The van der Waals surface area contributed by atoms with Crippen molar-refractivity contribution in [1.82, 2.24) is 9.80 Å². The zero-order valence-corrected chi connectivity index (χ0v) is 10.1. The van der Waals surface area contributed by atoms with Crippen molar-refractivity contribution in [3.8, 4) is 0 Å². The van der Waals surface area contributed by atoms with Gasteiger partial charge in [0, 0.05) is 26.6 Å². The minimum atomic E-state index is -0.0385. The van der Waals surface area contributed by atoms with Gasteiger partial charge in [0.15, 0.2) is 0 Å². The summed E-state index contributed by atoms with van der Waals surface area (Å²) < 4.78 is 5.18. The SMILES string of the molecule is CCCN(CC(=O)N1CCOCC1)C(C)=O. The van der Waals surface area contributed by atoms with E-state index in [4.69, 9.17) is 4.74 Å². The maximum Gasteiger partial charge on any atom is 0.242 e. The van der Waals surface area contributed by atoms with Crippen LogP contribution in [0.4, 0.5) is 0 Å².